The van der Waals surface area contributed by atoms with Crippen molar-refractivity contribution >= 4 is 5.97 Å². The first-order valence-corrected chi connectivity index (χ1v) is 5.02. The van der Waals surface area contributed by atoms with Gasteiger partial charge in [0.15, 0.2) is 0 Å². The van der Waals surface area contributed by atoms with Crippen LogP contribution in [0.5, 0.6) is 0 Å². The Morgan fingerprint density at radius 1 is 1.44 bits per heavy atom. The number of nitrogens with zero attached hydrogens (tertiary/aromatic N) is 2. The Bertz CT molecular complexity index is 283. The van der Waals surface area contributed by atoms with Gasteiger partial charge in [0.2, 0.25) is 0 Å². The summed E-state index contributed by atoms with van der Waals surface area (Å²) in [5.74, 6) is -0.470. The van der Waals surface area contributed by atoms with Crippen LogP contribution in [0.1, 0.15) is 20.3 Å². The maximum absolute atomic E-state index is 10.6. The summed E-state index contributed by atoms with van der Waals surface area (Å²) in [6.07, 6.45) is -0.537. The van der Waals surface area contributed by atoms with E-state index < -0.39 is 24.2 Å². The Morgan fingerprint density at radius 2 is 2.12 bits per heavy atom. The second-order valence-electron chi connectivity index (χ2n) is 3.79. The zero-order valence-corrected chi connectivity index (χ0v) is 9.16. The van der Waals surface area contributed by atoms with Gasteiger partial charge in [0.05, 0.1) is 6.10 Å². The van der Waals surface area contributed by atoms with Crippen molar-refractivity contribution in [1.82, 2.24) is 0 Å². The van der Waals surface area contributed by atoms with E-state index >= 15 is 0 Å². The third kappa shape index (κ3) is 3.06. The van der Waals surface area contributed by atoms with Crippen molar-refractivity contribution in [3.63, 3.8) is 0 Å². The van der Waals surface area contributed by atoms with Crippen LogP contribution in [-0.2, 0) is 14.3 Å². The molecule has 0 aromatic carbocycles. The van der Waals surface area contributed by atoms with Gasteiger partial charge in [-0.15, -0.1) is 0 Å². The molecule has 1 saturated heterocycles. The molecule has 1 rings (SSSR count). The zero-order valence-electron chi connectivity index (χ0n) is 9.16. The number of nitroso groups, excluding NO2 is 2. The van der Waals surface area contributed by atoms with Gasteiger partial charge in [-0.05, 0) is 6.92 Å². The van der Waals surface area contributed by atoms with E-state index in [-0.39, 0.29) is 12.7 Å². The van der Waals surface area contributed by atoms with Gasteiger partial charge < -0.3 is 9.47 Å². The van der Waals surface area contributed by atoms with Crippen molar-refractivity contribution < 1.29 is 14.3 Å². The van der Waals surface area contributed by atoms with Gasteiger partial charge in [0, 0.05) is 13.3 Å². The van der Waals surface area contributed by atoms with Crippen molar-refractivity contribution in [3.8, 4) is 0 Å². The Morgan fingerprint density at radius 3 is 2.62 bits per heavy atom. The maximum Gasteiger partial charge on any atom is 0.302 e. The van der Waals surface area contributed by atoms with E-state index in [2.05, 4.69) is 10.4 Å². The number of esters is 1. The molecule has 0 saturated carbocycles. The Labute approximate surface area is 92.4 Å². The van der Waals surface area contributed by atoms with Crippen LogP contribution in [0.25, 0.3) is 0 Å². The summed E-state index contributed by atoms with van der Waals surface area (Å²) in [4.78, 5) is 31.8. The van der Waals surface area contributed by atoms with Crippen LogP contribution in [0.15, 0.2) is 10.4 Å². The molecule has 4 atom stereocenters. The lowest BCUT2D eigenvalue weighted by molar-refractivity contribution is -0.150. The number of rotatable bonds is 4. The summed E-state index contributed by atoms with van der Waals surface area (Å²) in [5, 5.41) is 5.70. The molecule has 0 radical (unpaired) electrons. The molecule has 0 aliphatic carbocycles. The molecule has 1 aliphatic heterocycles. The minimum Gasteiger partial charge on any atom is -0.463 e. The second-order valence-corrected chi connectivity index (χ2v) is 3.79. The fraction of sp³-hybridized carbons (Fsp3) is 0.889. The molecular formula is C9H14N2O5. The molecule has 0 bridgehead atoms. The SMILES string of the molecule is CC(=O)OCC1O[C@@H](C)CC(N=O)C1N=O. The van der Waals surface area contributed by atoms with Gasteiger partial charge in [-0.25, -0.2) is 0 Å². The summed E-state index contributed by atoms with van der Waals surface area (Å²) in [5.41, 5.74) is 0. The van der Waals surface area contributed by atoms with Crippen molar-refractivity contribution in [2.45, 2.75) is 44.6 Å². The zero-order chi connectivity index (χ0) is 12.1. The molecule has 0 spiro atoms. The van der Waals surface area contributed by atoms with Crippen LogP contribution in [0, 0.1) is 9.81 Å². The first-order valence-electron chi connectivity index (χ1n) is 5.02. The van der Waals surface area contributed by atoms with Crippen LogP contribution in [-0.4, -0.2) is 36.9 Å². The average molecular weight is 230 g/mol. The lowest BCUT2D eigenvalue weighted by atomic mass is 9.95. The van der Waals surface area contributed by atoms with E-state index in [1.54, 1.807) is 6.92 Å². The standard InChI is InChI=1S/C9H14N2O5/c1-5-3-7(10-13)9(11-14)8(16-5)4-15-6(2)12/h5,7-9H,3-4H2,1-2H3/t5-,7?,8?,9?/m0/s1. The van der Waals surface area contributed by atoms with Crippen LogP contribution in [0.3, 0.4) is 0 Å². The van der Waals surface area contributed by atoms with E-state index in [1.807, 2.05) is 0 Å². The maximum atomic E-state index is 10.6. The largest absolute Gasteiger partial charge is 0.463 e. The van der Waals surface area contributed by atoms with Crippen molar-refractivity contribution in [2.75, 3.05) is 6.61 Å². The predicted octanol–water partition coefficient (Wildman–Crippen LogP) is 0.997. The van der Waals surface area contributed by atoms with E-state index in [1.165, 1.54) is 6.92 Å². The van der Waals surface area contributed by atoms with Crippen molar-refractivity contribution in [2.24, 2.45) is 10.4 Å². The molecule has 90 valence electrons. The summed E-state index contributed by atoms with van der Waals surface area (Å²) in [7, 11) is 0. The number of hydrogen-bond acceptors (Lipinski definition) is 7. The summed E-state index contributed by atoms with van der Waals surface area (Å²) >= 11 is 0. The number of carbonyl (C=O) groups excluding carboxylic acids is 1. The Kier molecular flexibility index (Phi) is 4.48. The highest BCUT2D eigenvalue weighted by atomic mass is 16.6. The smallest absolute Gasteiger partial charge is 0.302 e. The molecule has 7 heteroatoms. The van der Waals surface area contributed by atoms with Gasteiger partial charge in [0.1, 0.15) is 24.8 Å². The quantitative estimate of drug-likeness (QED) is 0.530. The number of ether oxygens (including phenoxy) is 2. The van der Waals surface area contributed by atoms with Gasteiger partial charge >= 0.3 is 5.97 Å². The van der Waals surface area contributed by atoms with Gasteiger partial charge in [-0.2, -0.15) is 9.81 Å². The highest BCUT2D eigenvalue weighted by Gasteiger charge is 2.40. The molecule has 0 amide bonds. The molecule has 7 nitrogen and oxygen atoms in total. The fourth-order valence-corrected chi connectivity index (χ4v) is 1.74. The van der Waals surface area contributed by atoms with E-state index in [0.29, 0.717) is 6.42 Å². The Hall–Kier alpha value is -1.37. The van der Waals surface area contributed by atoms with Crippen LogP contribution in [0.4, 0.5) is 0 Å². The molecule has 0 aromatic rings. The molecule has 1 heterocycles. The molecule has 3 unspecified atom stereocenters. The fourth-order valence-electron chi connectivity index (χ4n) is 1.74. The van der Waals surface area contributed by atoms with Crippen molar-refractivity contribution in [1.29, 1.82) is 0 Å². The van der Waals surface area contributed by atoms with E-state index in [4.69, 9.17) is 9.47 Å². The monoisotopic (exact) mass is 230 g/mol. The Balaban J connectivity index is 2.66. The molecule has 0 aromatic heterocycles. The van der Waals surface area contributed by atoms with Gasteiger partial charge in [-0.3, -0.25) is 4.79 Å². The number of carbonyl (C=O) groups is 1. The lowest BCUT2D eigenvalue weighted by Gasteiger charge is -2.33. The minimum atomic E-state index is -0.881. The molecule has 0 N–H and O–H groups in total. The first-order chi connectivity index (χ1) is 7.58. The van der Waals surface area contributed by atoms with Gasteiger partial charge in [0.25, 0.3) is 0 Å². The first kappa shape index (κ1) is 12.7. The average Bonchev–Trinajstić information content (AvgIpc) is 2.25. The van der Waals surface area contributed by atoms with Crippen LogP contribution < -0.4 is 0 Å². The number of hydrogen-bond donors (Lipinski definition) is 0. The van der Waals surface area contributed by atoms with E-state index in [0.717, 1.165) is 0 Å². The molecule has 1 aliphatic rings. The summed E-state index contributed by atoms with van der Waals surface area (Å²) in [6, 6.07) is -1.59. The predicted molar refractivity (Wildman–Crippen MR) is 54.8 cm³/mol. The molecule has 1 fully saturated rings. The minimum absolute atomic E-state index is 0.0812. The highest BCUT2D eigenvalue weighted by Crippen LogP contribution is 2.25. The third-order valence-corrected chi connectivity index (χ3v) is 2.46. The second kappa shape index (κ2) is 5.64. The lowest BCUT2D eigenvalue weighted by Crippen LogP contribution is -2.47. The van der Waals surface area contributed by atoms with Crippen LogP contribution >= 0.6 is 0 Å². The molecular weight excluding hydrogens is 216 g/mol. The highest BCUT2D eigenvalue weighted by molar-refractivity contribution is 5.65. The summed E-state index contributed by atoms with van der Waals surface area (Å²) in [6.45, 7) is 2.94. The third-order valence-electron chi connectivity index (χ3n) is 2.46. The van der Waals surface area contributed by atoms with Gasteiger partial charge in [-0.1, -0.05) is 10.4 Å². The van der Waals surface area contributed by atoms with E-state index in [9.17, 15) is 14.6 Å². The van der Waals surface area contributed by atoms with Crippen molar-refractivity contribution in [3.05, 3.63) is 9.81 Å². The summed E-state index contributed by atoms with van der Waals surface area (Å²) < 4.78 is 10.2. The molecule has 16 heavy (non-hydrogen) atoms. The normalized spacial score (nSPS) is 34.1. The van der Waals surface area contributed by atoms with Crippen LogP contribution in [0.2, 0.25) is 0 Å². The topological polar surface area (TPSA) is 94.4 Å².